The highest BCUT2D eigenvalue weighted by Gasteiger charge is 2.26. The molecule has 0 spiro atoms. The molecule has 1 aliphatic heterocycles. The monoisotopic (exact) mass is 238 g/mol. The molecular weight excluding hydrogens is 208 g/mol. The fourth-order valence-corrected chi connectivity index (χ4v) is 3.14. The molecule has 0 radical (unpaired) electrons. The molecule has 17 heavy (non-hydrogen) atoms. The van der Waals surface area contributed by atoms with Crippen LogP contribution in [0.3, 0.4) is 0 Å². The number of nitrogens with one attached hydrogen (secondary N) is 1. The third-order valence-corrected chi connectivity index (χ3v) is 4.48. The van der Waals surface area contributed by atoms with Crippen LogP contribution < -0.4 is 5.32 Å². The molecule has 1 N–H and O–H groups in total. The van der Waals surface area contributed by atoms with Crippen LogP contribution in [0.1, 0.15) is 58.8 Å². The Hall–Kier alpha value is -0.0800. The lowest BCUT2D eigenvalue weighted by Gasteiger charge is -2.40. The summed E-state index contributed by atoms with van der Waals surface area (Å²) in [6.45, 7) is 8.48. The van der Waals surface area contributed by atoms with Crippen molar-refractivity contribution in [2.45, 2.75) is 70.9 Å². The van der Waals surface area contributed by atoms with Crippen LogP contribution in [-0.2, 0) is 0 Å². The first-order valence-electron chi connectivity index (χ1n) is 7.80. The lowest BCUT2D eigenvalue weighted by Crippen LogP contribution is -2.56. The van der Waals surface area contributed by atoms with Crippen molar-refractivity contribution in [1.82, 2.24) is 10.2 Å². The van der Waals surface area contributed by atoms with E-state index in [9.17, 15) is 0 Å². The zero-order chi connectivity index (χ0) is 12.1. The first-order chi connectivity index (χ1) is 8.33. The normalized spacial score (nSPS) is 30.7. The van der Waals surface area contributed by atoms with Gasteiger partial charge in [0.1, 0.15) is 0 Å². The largest absolute Gasteiger partial charge is 0.311 e. The summed E-state index contributed by atoms with van der Waals surface area (Å²) in [6.07, 6.45) is 9.89. The van der Waals surface area contributed by atoms with E-state index >= 15 is 0 Å². The number of hydrogen-bond donors (Lipinski definition) is 1. The number of hydrogen-bond acceptors (Lipinski definition) is 2. The van der Waals surface area contributed by atoms with E-state index in [1.165, 1.54) is 64.6 Å². The van der Waals surface area contributed by atoms with Gasteiger partial charge in [0, 0.05) is 25.2 Å². The highest BCUT2D eigenvalue weighted by atomic mass is 15.2. The van der Waals surface area contributed by atoms with Gasteiger partial charge in [-0.3, -0.25) is 4.90 Å². The summed E-state index contributed by atoms with van der Waals surface area (Å²) in [4.78, 5) is 2.76. The van der Waals surface area contributed by atoms with Crippen LogP contribution in [0.2, 0.25) is 0 Å². The van der Waals surface area contributed by atoms with Crippen LogP contribution in [0.4, 0.5) is 0 Å². The van der Waals surface area contributed by atoms with E-state index in [0.717, 1.165) is 18.0 Å². The average molecular weight is 238 g/mol. The van der Waals surface area contributed by atoms with Crippen LogP contribution >= 0.6 is 0 Å². The van der Waals surface area contributed by atoms with Crippen LogP contribution in [0.15, 0.2) is 0 Å². The molecule has 1 aliphatic carbocycles. The van der Waals surface area contributed by atoms with Crippen molar-refractivity contribution in [3.05, 3.63) is 0 Å². The minimum absolute atomic E-state index is 0.753. The maximum Gasteiger partial charge on any atom is 0.0218 e. The van der Waals surface area contributed by atoms with Gasteiger partial charge in [-0.05, 0) is 38.1 Å². The van der Waals surface area contributed by atoms with Crippen molar-refractivity contribution in [3.8, 4) is 0 Å². The van der Waals surface area contributed by atoms with E-state index in [4.69, 9.17) is 0 Å². The zero-order valence-electron chi connectivity index (χ0n) is 11.8. The van der Waals surface area contributed by atoms with Crippen LogP contribution in [0.25, 0.3) is 0 Å². The van der Waals surface area contributed by atoms with E-state index in [1.807, 2.05) is 0 Å². The van der Waals surface area contributed by atoms with E-state index in [2.05, 4.69) is 24.1 Å². The smallest absolute Gasteiger partial charge is 0.0218 e. The van der Waals surface area contributed by atoms with Gasteiger partial charge in [0.15, 0.2) is 0 Å². The Bertz CT molecular complexity index is 213. The average Bonchev–Trinajstić information content (AvgIpc) is 3.14. The summed E-state index contributed by atoms with van der Waals surface area (Å²) in [5.74, 6) is 1.10. The maximum absolute atomic E-state index is 3.72. The molecule has 0 bridgehead atoms. The zero-order valence-corrected chi connectivity index (χ0v) is 11.8. The minimum Gasteiger partial charge on any atom is -0.311 e. The van der Waals surface area contributed by atoms with Crippen molar-refractivity contribution < 1.29 is 0 Å². The molecule has 0 aromatic carbocycles. The van der Waals surface area contributed by atoms with Gasteiger partial charge in [-0.2, -0.15) is 0 Å². The third-order valence-electron chi connectivity index (χ3n) is 4.48. The summed E-state index contributed by atoms with van der Waals surface area (Å²) >= 11 is 0. The SMILES string of the molecule is CCCC1CN(CCCC2CC2)C(CC)CN1. The number of nitrogens with zero attached hydrogens (tertiary/aromatic N) is 1. The van der Waals surface area contributed by atoms with Crippen LogP contribution in [-0.4, -0.2) is 36.6 Å². The van der Waals surface area contributed by atoms with Gasteiger partial charge in [0.25, 0.3) is 0 Å². The molecule has 2 unspecified atom stereocenters. The Morgan fingerprint density at radius 3 is 2.65 bits per heavy atom. The molecule has 100 valence electrons. The second-order valence-electron chi connectivity index (χ2n) is 6.04. The molecule has 2 nitrogen and oxygen atoms in total. The minimum atomic E-state index is 0.753. The molecule has 2 aliphatic rings. The van der Waals surface area contributed by atoms with Gasteiger partial charge in [-0.15, -0.1) is 0 Å². The Labute approximate surface area is 107 Å². The fraction of sp³-hybridized carbons (Fsp3) is 1.00. The molecule has 2 rings (SSSR count). The van der Waals surface area contributed by atoms with E-state index in [0.29, 0.717) is 0 Å². The quantitative estimate of drug-likeness (QED) is 0.733. The third kappa shape index (κ3) is 4.26. The lowest BCUT2D eigenvalue weighted by atomic mass is 10.0. The van der Waals surface area contributed by atoms with Gasteiger partial charge >= 0.3 is 0 Å². The van der Waals surface area contributed by atoms with Gasteiger partial charge in [0.05, 0.1) is 0 Å². The summed E-state index contributed by atoms with van der Waals surface area (Å²) < 4.78 is 0. The van der Waals surface area contributed by atoms with Gasteiger partial charge in [-0.1, -0.05) is 33.1 Å². The maximum atomic E-state index is 3.72. The molecule has 0 aromatic rings. The molecule has 2 heteroatoms. The lowest BCUT2D eigenvalue weighted by molar-refractivity contribution is 0.120. The molecule has 1 saturated carbocycles. The molecule has 2 atom stereocenters. The topological polar surface area (TPSA) is 15.3 Å². The Balaban J connectivity index is 1.72. The highest BCUT2D eigenvalue weighted by molar-refractivity contribution is 4.85. The predicted octanol–water partition coefficient (Wildman–Crippen LogP) is 3.03. The van der Waals surface area contributed by atoms with Crippen molar-refractivity contribution in [1.29, 1.82) is 0 Å². The summed E-state index contributed by atoms with van der Waals surface area (Å²) in [6, 6.07) is 1.55. The second kappa shape index (κ2) is 6.75. The molecule has 1 heterocycles. The molecule has 1 saturated heterocycles. The number of rotatable bonds is 7. The van der Waals surface area contributed by atoms with Crippen molar-refractivity contribution >= 4 is 0 Å². The first-order valence-corrected chi connectivity index (χ1v) is 7.80. The Morgan fingerprint density at radius 2 is 2.00 bits per heavy atom. The molecule has 0 amide bonds. The summed E-state index contributed by atoms with van der Waals surface area (Å²) in [5, 5.41) is 3.72. The van der Waals surface area contributed by atoms with Gasteiger partial charge < -0.3 is 5.32 Å². The highest BCUT2D eigenvalue weighted by Crippen LogP contribution is 2.33. The second-order valence-corrected chi connectivity index (χ2v) is 6.04. The number of piperazine rings is 1. The van der Waals surface area contributed by atoms with Crippen LogP contribution in [0.5, 0.6) is 0 Å². The predicted molar refractivity (Wildman–Crippen MR) is 74.3 cm³/mol. The van der Waals surface area contributed by atoms with Crippen molar-refractivity contribution in [2.75, 3.05) is 19.6 Å². The van der Waals surface area contributed by atoms with Gasteiger partial charge in [0.2, 0.25) is 0 Å². The Morgan fingerprint density at radius 1 is 1.18 bits per heavy atom. The first kappa shape index (κ1) is 13.4. The van der Waals surface area contributed by atoms with Crippen molar-refractivity contribution in [2.24, 2.45) is 5.92 Å². The molecular formula is C15H30N2. The summed E-state index contributed by atoms with van der Waals surface area (Å²) in [7, 11) is 0. The van der Waals surface area contributed by atoms with Crippen LogP contribution in [0, 0.1) is 5.92 Å². The Kier molecular flexibility index (Phi) is 5.30. The van der Waals surface area contributed by atoms with Crippen molar-refractivity contribution in [3.63, 3.8) is 0 Å². The fourth-order valence-electron chi connectivity index (χ4n) is 3.14. The molecule has 0 aromatic heterocycles. The van der Waals surface area contributed by atoms with E-state index in [-0.39, 0.29) is 0 Å². The van der Waals surface area contributed by atoms with Gasteiger partial charge in [-0.25, -0.2) is 0 Å². The standard InChI is InChI=1S/C15H30N2/c1-3-6-14-12-17(15(4-2)11-16-14)10-5-7-13-8-9-13/h13-16H,3-12H2,1-2H3. The summed E-state index contributed by atoms with van der Waals surface area (Å²) in [5.41, 5.74) is 0. The van der Waals surface area contributed by atoms with E-state index in [1.54, 1.807) is 0 Å². The molecule has 2 fully saturated rings. The van der Waals surface area contributed by atoms with E-state index < -0.39 is 0 Å².